The highest BCUT2D eigenvalue weighted by Gasteiger charge is 2.55. The molecule has 5 atom stereocenters. The van der Waals surface area contributed by atoms with Crippen molar-refractivity contribution in [2.24, 2.45) is 17.8 Å². The second-order valence-electron chi connectivity index (χ2n) is 9.33. The highest BCUT2D eigenvalue weighted by molar-refractivity contribution is 8.00. The van der Waals surface area contributed by atoms with Gasteiger partial charge >= 0.3 is 4.87 Å². The van der Waals surface area contributed by atoms with Gasteiger partial charge in [-0.3, -0.25) is 14.2 Å². The molecule has 5 unspecified atom stereocenters. The summed E-state index contributed by atoms with van der Waals surface area (Å²) in [6, 6.07) is 12.0. The third-order valence-corrected chi connectivity index (χ3v) is 11.1. The van der Waals surface area contributed by atoms with Crippen LogP contribution in [0.5, 0.6) is 5.75 Å². The molecule has 176 valence electrons. The van der Waals surface area contributed by atoms with Crippen LogP contribution < -0.4 is 10.2 Å². The average Bonchev–Trinajstić information content (AvgIpc) is 3.51. The number of phenols is 1. The highest BCUT2D eigenvalue weighted by Crippen LogP contribution is 2.64. The molecule has 2 bridgehead atoms. The van der Waals surface area contributed by atoms with Crippen molar-refractivity contribution in [3.63, 3.8) is 0 Å². The molecule has 2 N–H and O–H groups in total. The van der Waals surface area contributed by atoms with Crippen molar-refractivity contribution < 1.29 is 9.90 Å². The number of benzene rings is 2. The van der Waals surface area contributed by atoms with Crippen LogP contribution in [-0.2, 0) is 11.3 Å². The van der Waals surface area contributed by atoms with E-state index >= 15 is 0 Å². The molecule has 2 fully saturated rings. The first-order chi connectivity index (χ1) is 16.4. The number of carbonyl (C=O) groups is 1. The zero-order chi connectivity index (χ0) is 23.6. The van der Waals surface area contributed by atoms with E-state index in [-0.39, 0.29) is 29.0 Å². The number of halogens is 2. The van der Waals surface area contributed by atoms with Crippen LogP contribution in [-0.4, -0.2) is 20.8 Å². The number of phenolic OH excluding ortho intramolecular Hbond substituents is 1. The quantitative estimate of drug-likeness (QED) is 0.391. The Morgan fingerprint density at radius 2 is 1.88 bits per heavy atom. The van der Waals surface area contributed by atoms with Gasteiger partial charge in [0.2, 0.25) is 5.91 Å². The van der Waals surface area contributed by atoms with E-state index in [4.69, 9.17) is 23.2 Å². The summed E-state index contributed by atoms with van der Waals surface area (Å²) in [7, 11) is 0. The standard InChI is InChI=1S/C25H22Cl2N2O3S2/c26-17-3-1-2-16(21(17)27)20-19-12-4-5-13(10-12)22(19)33-24-23(20)34-25(32)29(24)11-18(31)28-14-6-8-15(30)9-7-14/h1-3,6-9,12-13,19-20,22,30H,4-5,10-11H2,(H,28,31). The van der Waals surface area contributed by atoms with E-state index < -0.39 is 0 Å². The molecule has 3 aromatic rings. The van der Waals surface area contributed by atoms with Gasteiger partial charge in [-0.25, -0.2) is 0 Å². The molecule has 1 amide bonds. The molecule has 2 aliphatic carbocycles. The van der Waals surface area contributed by atoms with Gasteiger partial charge in [-0.15, -0.1) is 11.8 Å². The number of thioether (sulfide) groups is 1. The Hall–Kier alpha value is -1.93. The lowest BCUT2D eigenvalue weighted by Crippen LogP contribution is -2.35. The number of nitrogens with zero attached hydrogens (tertiary/aromatic N) is 1. The molecule has 1 aromatic heterocycles. The van der Waals surface area contributed by atoms with Crippen LogP contribution in [0.15, 0.2) is 52.3 Å². The number of amides is 1. The lowest BCUT2D eigenvalue weighted by Gasteiger charge is -2.40. The Morgan fingerprint density at radius 3 is 2.68 bits per heavy atom. The molecule has 34 heavy (non-hydrogen) atoms. The zero-order valence-electron chi connectivity index (χ0n) is 18.0. The SMILES string of the molecule is O=C(Cn1c2c(sc1=O)C(c1cccc(Cl)c1Cl)C1C3CCC(C3)C1S2)Nc1ccc(O)cc1. The first-order valence-electron chi connectivity index (χ1n) is 11.3. The van der Waals surface area contributed by atoms with Crippen molar-refractivity contribution in [2.75, 3.05) is 5.32 Å². The summed E-state index contributed by atoms with van der Waals surface area (Å²) in [5, 5.41) is 14.7. The van der Waals surface area contributed by atoms with Crippen molar-refractivity contribution in [1.82, 2.24) is 4.57 Å². The fraction of sp³-hybridized carbons (Fsp3) is 0.360. The van der Waals surface area contributed by atoms with E-state index in [1.165, 1.54) is 42.7 Å². The maximum atomic E-state index is 13.2. The van der Waals surface area contributed by atoms with E-state index in [1.807, 2.05) is 12.1 Å². The Kier molecular flexibility index (Phi) is 5.72. The van der Waals surface area contributed by atoms with Crippen LogP contribution in [0.3, 0.4) is 0 Å². The van der Waals surface area contributed by atoms with Gasteiger partial charge in [0.25, 0.3) is 0 Å². The van der Waals surface area contributed by atoms with E-state index in [9.17, 15) is 14.7 Å². The van der Waals surface area contributed by atoms with Crippen molar-refractivity contribution in [1.29, 1.82) is 0 Å². The summed E-state index contributed by atoms with van der Waals surface area (Å²) in [5.41, 5.74) is 1.56. The molecule has 2 saturated carbocycles. The number of hydrogen-bond donors (Lipinski definition) is 2. The summed E-state index contributed by atoms with van der Waals surface area (Å²) in [5.74, 6) is 1.54. The van der Waals surface area contributed by atoms with Crippen molar-refractivity contribution in [3.8, 4) is 5.75 Å². The van der Waals surface area contributed by atoms with E-state index in [0.29, 0.717) is 38.7 Å². The maximum Gasteiger partial charge on any atom is 0.308 e. The van der Waals surface area contributed by atoms with Gasteiger partial charge in [0.15, 0.2) is 0 Å². The molecule has 0 spiro atoms. The molecule has 5 nitrogen and oxygen atoms in total. The predicted molar refractivity (Wildman–Crippen MR) is 138 cm³/mol. The minimum absolute atomic E-state index is 0.0156. The monoisotopic (exact) mass is 532 g/mol. The maximum absolute atomic E-state index is 13.2. The van der Waals surface area contributed by atoms with Gasteiger partial charge in [-0.05, 0) is 72.9 Å². The lowest BCUT2D eigenvalue weighted by atomic mass is 9.75. The van der Waals surface area contributed by atoms with E-state index in [0.717, 1.165) is 15.5 Å². The molecular weight excluding hydrogens is 511 g/mol. The Morgan fingerprint density at radius 1 is 1.12 bits per heavy atom. The van der Waals surface area contributed by atoms with Gasteiger partial charge in [0.1, 0.15) is 12.3 Å². The van der Waals surface area contributed by atoms with Crippen molar-refractivity contribution in [3.05, 3.63) is 72.6 Å². The number of hydrogen-bond acceptors (Lipinski definition) is 5. The smallest absolute Gasteiger partial charge is 0.308 e. The number of carbonyl (C=O) groups excluding carboxylic acids is 1. The molecule has 6 rings (SSSR count). The van der Waals surface area contributed by atoms with E-state index in [1.54, 1.807) is 34.5 Å². The highest BCUT2D eigenvalue weighted by atomic mass is 35.5. The van der Waals surface area contributed by atoms with Gasteiger partial charge < -0.3 is 10.4 Å². The largest absolute Gasteiger partial charge is 0.508 e. The number of nitrogens with one attached hydrogen (secondary N) is 1. The third-order valence-electron chi connectivity index (χ3n) is 7.46. The predicted octanol–water partition coefficient (Wildman–Crippen LogP) is 6.21. The molecule has 1 aliphatic heterocycles. The van der Waals surface area contributed by atoms with Gasteiger partial charge in [0.05, 0.1) is 15.1 Å². The normalized spacial score (nSPS) is 26.8. The number of anilines is 1. The van der Waals surface area contributed by atoms with Gasteiger partial charge in [-0.2, -0.15) is 0 Å². The van der Waals surface area contributed by atoms with Crippen LogP contribution in [0.1, 0.15) is 35.6 Å². The minimum Gasteiger partial charge on any atom is -0.508 e. The Bertz CT molecular complexity index is 1340. The molecule has 2 aromatic carbocycles. The fourth-order valence-corrected chi connectivity index (χ4v) is 9.65. The van der Waals surface area contributed by atoms with Crippen LogP contribution in [0.2, 0.25) is 10.0 Å². The first kappa shape index (κ1) is 22.5. The summed E-state index contributed by atoms with van der Waals surface area (Å²) in [4.78, 5) is 26.9. The summed E-state index contributed by atoms with van der Waals surface area (Å²) in [6.07, 6.45) is 3.67. The van der Waals surface area contributed by atoms with Gasteiger partial charge in [0, 0.05) is 21.7 Å². The van der Waals surface area contributed by atoms with Crippen molar-refractivity contribution >= 4 is 57.9 Å². The fourth-order valence-electron chi connectivity index (χ4n) is 6.08. The summed E-state index contributed by atoms with van der Waals surface area (Å²) in [6.45, 7) is -0.0555. The molecule has 9 heteroatoms. The number of fused-ring (bicyclic) bond motifs is 6. The van der Waals surface area contributed by atoms with Crippen LogP contribution in [0.25, 0.3) is 0 Å². The number of thiazole rings is 1. The summed E-state index contributed by atoms with van der Waals surface area (Å²) >= 11 is 16.1. The van der Waals surface area contributed by atoms with E-state index in [2.05, 4.69) is 5.32 Å². The number of aromatic hydroxyl groups is 1. The zero-order valence-corrected chi connectivity index (χ0v) is 21.2. The molecule has 0 radical (unpaired) electrons. The molecule has 3 aliphatic rings. The Labute approximate surface area is 215 Å². The van der Waals surface area contributed by atoms with Crippen LogP contribution in [0, 0.1) is 17.8 Å². The van der Waals surface area contributed by atoms with Gasteiger partial charge in [-0.1, -0.05) is 46.7 Å². The molecule has 0 saturated heterocycles. The average molecular weight is 534 g/mol. The third kappa shape index (κ3) is 3.68. The van der Waals surface area contributed by atoms with Crippen LogP contribution >= 0.6 is 46.3 Å². The topological polar surface area (TPSA) is 71.3 Å². The first-order valence-corrected chi connectivity index (χ1v) is 13.8. The number of rotatable bonds is 4. The second-order valence-corrected chi connectivity index (χ2v) is 12.3. The van der Waals surface area contributed by atoms with Crippen LogP contribution in [0.4, 0.5) is 5.69 Å². The lowest BCUT2D eigenvalue weighted by molar-refractivity contribution is -0.116. The molecule has 2 heterocycles. The Balaban J connectivity index is 1.39. The van der Waals surface area contributed by atoms with Crippen molar-refractivity contribution in [2.45, 2.75) is 42.0 Å². The summed E-state index contributed by atoms with van der Waals surface area (Å²) < 4.78 is 1.62. The second kappa shape index (κ2) is 8.63. The molecular formula is C25H22Cl2N2O3S2. The minimum atomic E-state index is -0.276. The number of aromatic nitrogens is 1.